The van der Waals surface area contributed by atoms with Crippen molar-refractivity contribution in [3.05, 3.63) is 70.3 Å². The summed E-state index contributed by atoms with van der Waals surface area (Å²) in [5.74, 6) is -1.02. The molecule has 168 valence electrons. The topological polar surface area (TPSA) is 0 Å². The van der Waals surface area contributed by atoms with Crippen LogP contribution in [0.2, 0.25) is 0 Å². The number of hydrogen-bond donors (Lipinski definition) is 0. The molecule has 4 heteroatoms. The zero-order valence-electron chi connectivity index (χ0n) is 18.2. The fraction of sp³-hybridized carbons (Fsp3) is 0.556. The first-order chi connectivity index (χ1) is 15.0. The molecule has 1 aromatic carbocycles. The minimum absolute atomic E-state index is 0.0128. The van der Waals surface area contributed by atoms with E-state index in [-0.39, 0.29) is 17.8 Å². The normalized spacial score (nSPS) is 30.4. The van der Waals surface area contributed by atoms with Crippen molar-refractivity contribution in [1.29, 1.82) is 0 Å². The van der Waals surface area contributed by atoms with Crippen molar-refractivity contribution >= 4 is 0 Å². The van der Waals surface area contributed by atoms with E-state index in [0.29, 0.717) is 22.3 Å². The Bertz CT molecular complexity index is 867. The minimum Gasteiger partial charge on any atom is -0.239 e. The maximum Gasteiger partial charge on any atom is 0.162 e. The van der Waals surface area contributed by atoms with Gasteiger partial charge in [0, 0.05) is 0 Å². The number of allylic oxidation sites excluding steroid dienone is 6. The van der Waals surface area contributed by atoms with Crippen LogP contribution in [-0.2, 0) is 0 Å². The van der Waals surface area contributed by atoms with Crippen LogP contribution in [0.5, 0.6) is 0 Å². The first kappa shape index (κ1) is 22.4. The Hall–Kier alpha value is -1.84. The standard InChI is InChI=1S/C27H32F4/c1-17-7-15-22(26(30)24(17)28)20-11-8-18(9-12-20)10-13-21-14-16-23(27(31)25(21)29)19-5-3-2-4-6-19/h7,10,13-16,18-20,25,27H,2-6,8-9,11-12H2,1H3/b13-10+. The van der Waals surface area contributed by atoms with Crippen molar-refractivity contribution in [2.75, 3.05) is 0 Å². The number of hydrogen-bond acceptors (Lipinski definition) is 0. The summed E-state index contributed by atoms with van der Waals surface area (Å²) in [4.78, 5) is 0. The van der Waals surface area contributed by atoms with Crippen LogP contribution in [0.3, 0.4) is 0 Å². The fourth-order valence-corrected chi connectivity index (χ4v) is 5.50. The molecule has 4 rings (SSSR count). The number of rotatable bonds is 4. The van der Waals surface area contributed by atoms with Gasteiger partial charge in [-0.2, -0.15) is 0 Å². The van der Waals surface area contributed by atoms with E-state index in [1.165, 1.54) is 6.42 Å². The quantitative estimate of drug-likeness (QED) is 0.420. The first-order valence-electron chi connectivity index (χ1n) is 11.8. The molecular weight excluding hydrogens is 400 g/mol. The number of halogens is 4. The van der Waals surface area contributed by atoms with Gasteiger partial charge in [0.25, 0.3) is 0 Å². The summed E-state index contributed by atoms with van der Waals surface area (Å²) in [7, 11) is 0. The Morgan fingerprint density at radius 3 is 2.19 bits per heavy atom. The second-order valence-electron chi connectivity index (χ2n) is 9.54. The van der Waals surface area contributed by atoms with Crippen LogP contribution in [-0.4, -0.2) is 12.3 Å². The van der Waals surface area contributed by atoms with Crippen molar-refractivity contribution < 1.29 is 17.6 Å². The molecule has 3 aliphatic rings. The van der Waals surface area contributed by atoms with Crippen LogP contribution >= 0.6 is 0 Å². The van der Waals surface area contributed by atoms with Gasteiger partial charge in [0.15, 0.2) is 24.0 Å². The van der Waals surface area contributed by atoms with E-state index in [1.807, 2.05) is 12.2 Å². The number of benzene rings is 1. The number of aryl methyl sites for hydroxylation is 1. The molecule has 0 spiro atoms. The highest BCUT2D eigenvalue weighted by Crippen LogP contribution is 2.40. The molecule has 2 saturated carbocycles. The summed E-state index contributed by atoms with van der Waals surface area (Å²) in [6.45, 7) is 1.57. The predicted octanol–water partition coefficient (Wildman–Crippen LogP) is 8.23. The van der Waals surface area contributed by atoms with Crippen LogP contribution in [0.1, 0.15) is 74.8 Å². The molecule has 0 N–H and O–H groups in total. The van der Waals surface area contributed by atoms with Crippen LogP contribution < -0.4 is 0 Å². The van der Waals surface area contributed by atoms with Gasteiger partial charge in [-0.05, 0) is 85.5 Å². The fourth-order valence-electron chi connectivity index (χ4n) is 5.50. The van der Waals surface area contributed by atoms with Gasteiger partial charge < -0.3 is 0 Å². The number of alkyl halides is 2. The Labute approximate surface area is 183 Å². The highest BCUT2D eigenvalue weighted by molar-refractivity contribution is 5.39. The van der Waals surface area contributed by atoms with Gasteiger partial charge in [-0.15, -0.1) is 0 Å². The Kier molecular flexibility index (Phi) is 7.03. The highest BCUT2D eigenvalue weighted by atomic mass is 19.2. The molecule has 3 aliphatic carbocycles. The SMILES string of the molecule is Cc1ccc(C2CCC(/C=C/C3=CC=C(C4CCCCC4)C(F)C3F)CC2)c(F)c1F. The van der Waals surface area contributed by atoms with E-state index in [0.717, 1.165) is 51.4 Å². The van der Waals surface area contributed by atoms with Crippen molar-refractivity contribution in [2.45, 2.75) is 83.0 Å². The van der Waals surface area contributed by atoms with Crippen molar-refractivity contribution in [1.82, 2.24) is 0 Å². The molecule has 2 fully saturated rings. The lowest BCUT2D eigenvalue weighted by Gasteiger charge is -2.30. The van der Waals surface area contributed by atoms with Crippen LogP contribution in [0.4, 0.5) is 17.6 Å². The van der Waals surface area contributed by atoms with E-state index in [9.17, 15) is 17.6 Å². The second kappa shape index (κ2) is 9.75. The maximum atomic E-state index is 14.8. The molecule has 0 radical (unpaired) electrons. The summed E-state index contributed by atoms with van der Waals surface area (Å²) >= 11 is 0. The first-order valence-corrected chi connectivity index (χ1v) is 11.8. The molecule has 0 aromatic heterocycles. The van der Waals surface area contributed by atoms with Crippen molar-refractivity contribution in [3.63, 3.8) is 0 Å². The van der Waals surface area contributed by atoms with Gasteiger partial charge in [-0.3, -0.25) is 0 Å². The van der Waals surface area contributed by atoms with Crippen LogP contribution in [0, 0.1) is 30.4 Å². The molecular formula is C27H32F4. The predicted molar refractivity (Wildman–Crippen MR) is 117 cm³/mol. The van der Waals surface area contributed by atoms with Gasteiger partial charge in [0.1, 0.15) is 0 Å². The van der Waals surface area contributed by atoms with Crippen LogP contribution in [0.25, 0.3) is 0 Å². The largest absolute Gasteiger partial charge is 0.239 e. The second-order valence-corrected chi connectivity index (χ2v) is 9.54. The van der Waals surface area contributed by atoms with Gasteiger partial charge in [0.05, 0.1) is 0 Å². The third-order valence-electron chi connectivity index (χ3n) is 7.52. The van der Waals surface area contributed by atoms with Gasteiger partial charge >= 0.3 is 0 Å². The molecule has 0 bridgehead atoms. The Balaban J connectivity index is 1.37. The Morgan fingerprint density at radius 1 is 0.774 bits per heavy atom. The highest BCUT2D eigenvalue weighted by Gasteiger charge is 2.34. The third-order valence-corrected chi connectivity index (χ3v) is 7.52. The summed E-state index contributed by atoms with van der Waals surface area (Å²) in [5.41, 5.74) is 1.83. The summed E-state index contributed by atoms with van der Waals surface area (Å²) in [6, 6.07) is 3.34. The van der Waals surface area contributed by atoms with Gasteiger partial charge in [0.2, 0.25) is 0 Å². The van der Waals surface area contributed by atoms with E-state index in [4.69, 9.17) is 0 Å². The molecule has 0 heterocycles. The summed E-state index contributed by atoms with van der Waals surface area (Å²) < 4.78 is 57.8. The Morgan fingerprint density at radius 2 is 1.48 bits per heavy atom. The third kappa shape index (κ3) is 4.83. The molecule has 0 aliphatic heterocycles. The molecule has 0 saturated heterocycles. The molecule has 0 amide bonds. The van der Waals surface area contributed by atoms with E-state index in [2.05, 4.69) is 0 Å². The molecule has 31 heavy (non-hydrogen) atoms. The zero-order chi connectivity index (χ0) is 22.0. The molecule has 1 aromatic rings. The smallest absolute Gasteiger partial charge is 0.162 e. The molecule has 2 unspecified atom stereocenters. The van der Waals surface area contributed by atoms with Crippen molar-refractivity contribution in [3.8, 4) is 0 Å². The molecule has 0 nitrogen and oxygen atoms in total. The van der Waals surface area contributed by atoms with Gasteiger partial charge in [-0.25, -0.2) is 17.6 Å². The average molecular weight is 433 g/mol. The van der Waals surface area contributed by atoms with E-state index < -0.39 is 24.0 Å². The lowest BCUT2D eigenvalue weighted by atomic mass is 9.77. The summed E-state index contributed by atoms with van der Waals surface area (Å²) in [5, 5.41) is 0. The van der Waals surface area contributed by atoms with E-state index >= 15 is 0 Å². The minimum atomic E-state index is -1.60. The zero-order valence-corrected chi connectivity index (χ0v) is 18.2. The lowest BCUT2D eigenvalue weighted by Crippen LogP contribution is -2.28. The lowest BCUT2D eigenvalue weighted by molar-refractivity contribution is 0.204. The molecule has 2 atom stereocenters. The van der Waals surface area contributed by atoms with Crippen LogP contribution in [0.15, 0.2) is 47.6 Å². The average Bonchev–Trinajstić information content (AvgIpc) is 2.80. The van der Waals surface area contributed by atoms with Gasteiger partial charge in [-0.1, -0.05) is 55.7 Å². The monoisotopic (exact) mass is 432 g/mol. The van der Waals surface area contributed by atoms with Crippen molar-refractivity contribution in [2.24, 2.45) is 11.8 Å². The van der Waals surface area contributed by atoms with E-state index in [1.54, 1.807) is 31.2 Å². The maximum absolute atomic E-state index is 14.8. The summed E-state index contributed by atoms with van der Waals surface area (Å²) in [6.07, 6.45) is 12.7.